The predicted molar refractivity (Wildman–Crippen MR) is 81.7 cm³/mol. The van der Waals surface area contributed by atoms with E-state index < -0.39 is 0 Å². The van der Waals surface area contributed by atoms with Gasteiger partial charge in [0.1, 0.15) is 11.5 Å². The lowest BCUT2D eigenvalue weighted by Crippen LogP contribution is -2.06. The van der Waals surface area contributed by atoms with Crippen LogP contribution in [0.2, 0.25) is 5.02 Å². The second-order valence-electron chi connectivity index (χ2n) is 4.95. The fraction of sp³-hybridized carbons (Fsp3) is 0.235. The Bertz CT molecular complexity index is 694. The van der Waals surface area contributed by atoms with E-state index in [1.165, 1.54) is 0 Å². The molecule has 1 heterocycles. The van der Waals surface area contributed by atoms with Crippen LogP contribution in [0.15, 0.2) is 36.4 Å². The van der Waals surface area contributed by atoms with Crippen LogP contribution in [0.4, 0.5) is 0 Å². The largest absolute Gasteiger partial charge is 0.496 e. The number of carbonyl (C=O) groups is 1. The normalized spacial score (nSPS) is 12.7. The minimum atomic E-state index is -0.00702. The monoisotopic (exact) mass is 302 g/mol. The molecule has 0 bridgehead atoms. The second kappa shape index (κ2) is 5.78. The first kappa shape index (κ1) is 14.0. The molecule has 0 aromatic heterocycles. The molecule has 21 heavy (non-hydrogen) atoms. The maximum atomic E-state index is 12.5. The number of hydrogen-bond acceptors (Lipinski definition) is 3. The molecule has 0 radical (unpaired) electrons. The highest BCUT2D eigenvalue weighted by atomic mass is 35.5. The number of fused-ring (bicyclic) bond motifs is 1. The summed E-state index contributed by atoms with van der Waals surface area (Å²) in [6.07, 6.45) is 1.09. The van der Waals surface area contributed by atoms with Crippen molar-refractivity contribution in [3.8, 4) is 11.5 Å². The Morgan fingerprint density at radius 2 is 2.14 bits per heavy atom. The van der Waals surface area contributed by atoms with Crippen molar-refractivity contribution in [1.29, 1.82) is 0 Å². The van der Waals surface area contributed by atoms with Crippen molar-refractivity contribution >= 4 is 17.4 Å². The summed E-state index contributed by atoms with van der Waals surface area (Å²) in [6, 6.07) is 10.9. The fourth-order valence-corrected chi connectivity index (χ4v) is 2.88. The zero-order valence-corrected chi connectivity index (χ0v) is 12.4. The number of benzene rings is 2. The molecule has 0 saturated carbocycles. The van der Waals surface area contributed by atoms with Crippen LogP contribution in [-0.2, 0) is 12.8 Å². The van der Waals surface area contributed by atoms with E-state index in [0.717, 1.165) is 23.3 Å². The van der Waals surface area contributed by atoms with Crippen LogP contribution in [0.3, 0.4) is 0 Å². The van der Waals surface area contributed by atoms with Crippen molar-refractivity contribution in [2.24, 2.45) is 0 Å². The number of halogens is 1. The molecule has 4 heteroatoms. The van der Waals surface area contributed by atoms with Crippen LogP contribution in [0.5, 0.6) is 11.5 Å². The Labute approximate surface area is 128 Å². The van der Waals surface area contributed by atoms with Gasteiger partial charge in [-0.25, -0.2) is 0 Å². The summed E-state index contributed by atoms with van der Waals surface area (Å²) in [5.41, 5.74) is 2.49. The van der Waals surface area contributed by atoms with Crippen molar-refractivity contribution in [3.63, 3.8) is 0 Å². The molecule has 0 unspecified atom stereocenters. The molecular formula is C17H15ClO3. The summed E-state index contributed by atoms with van der Waals surface area (Å²) in [7, 11) is 1.56. The van der Waals surface area contributed by atoms with Crippen molar-refractivity contribution in [3.05, 3.63) is 58.1 Å². The van der Waals surface area contributed by atoms with Gasteiger partial charge in [-0.3, -0.25) is 4.79 Å². The molecule has 2 aromatic rings. The second-order valence-corrected chi connectivity index (χ2v) is 5.39. The van der Waals surface area contributed by atoms with E-state index in [1.807, 2.05) is 18.2 Å². The molecule has 1 aliphatic rings. The van der Waals surface area contributed by atoms with Gasteiger partial charge in [0.05, 0.1) is 19.3 Å². The van der Waals surface area contributed by atoms with Crippen LogP contribution < -0.4 is 9.47 Å². The number of methoxy groups -OCH3 is 1. The van der Waals surface area contributed by atoms with Gasteiger partial charge in [0.2, 0.25) is 0 Å². The van der Waals surface area contributed by atoms with E-state index in [-0.39, 0.29) is 12.2 Å². The standard InChI is InChI=1S/C17H15ClO3/c1-20-16-5-3-2-4-14(16)15(19)10-12-9-13(18)8-11-6-7-21-17(11)12/h2-5,8-9H,6-7,10H2,1H3. The lowest BCUT2D eigenvalue weighted by molar-refractivity contribution is 0.0989. The highest BCUT2D eigenvalue weighted by Gasteiger charge is 2.21. The molecule has 0 saturated heterocycles. The quantitative estimate of drug-likeness (QED) is 0.808. The van der Waals surface area contributed by atoms with Crippen molar-refractivity contribution < 1.29 is 14.3 Å². The molecule has 0 atom stereocenters. The van der Waals surface area contributed by atoms with Crippen molar-refractivity contribution in [2.75, 3.05) is 13.7 Å². The molecule has 0 spiro atoms. The number of ketones is 1. The van der Waals surface area contributed by atoms with Crippen LogP contribution in [0.25, 0.3) is 0 Å². The zero-order valence-electron chi connectivity index (χ0n) is 11.7. The van der Waals surface area contributed by atoms with Crippen LogP contribution >= 0.6 is 11.6 Å². The first-order chi connectivity index (χ1) is 10.2. The summed E-state index contributed by atoms with van der Waals surface area (Å²) >= 11 is 6.12. The van der Waals surface area contributed by atoms with Crippen molar-refractivity contribution in [1.82, 2.24) is 0 Å². The molecule has 1 aliphatic heterocycles. The molecule has 0 fully saturated rings. The van der Waals surface area contributed by atoms with Gasteiger partial charge < -0.3 is 9.47 Å². The molecule has 3 nitrogen and oxygen atoms in total. The first-order valence-corrected chi connectivity index (χ1v) is 7.17. The third-order valence-corrected chi connectivity index (χ3v) is 3.80. The fourth-order valence-electron chi connectivity index (χ4n) is 2.62. The highest BCUT2D eigenvalue weighted by molar-refractivity contribution is 6.30. The lowest BCUT2D eigenvalue weighted by atomic mass is 9.99. The highest BCUT2D eigenvalue weighted by Crippen LogP contribution is 2.34. The SMILES string of the molecule is COc1ccccc1C(=O)Cc1cc(Cl)cc2c1OCC2. The average molecular weight is 303 g/mol. The van der Waals surface area contributed by atoms with Gasteiger partial charge in [-0.1, -0.05) is 23.7 Å². The van der Waals surface area contributed by atoms with Gasteiger partial charge in [0.25, 0.3) is 0 Å². The minimum absolute atomic E-state index is 0.00702. The Morgan fingerprint density at radius 1 is 1.33 bits per heavy atom. The first-order valence-electron chi connectivity index (χ1n) is 6.79. The molecule has 2 aromatic carbocycles. The molecule has 3 rings (SSSR count). The Morgan fingerprint density at radius 3 is 2.95 bits per heavy atom. The third kappa shape index (κ3) is 2.74. The molecular weight excluding hydrogens is 288 g/mol. The summed E-state index contributed by atoms with van der Waals surface area (Å²) in [5, 5.41) is 0.641. The smallest absolute Gasteiger partial charge is 0.171 e. The van der Waals surface area contributed by atoms with Crippen LogP contribution in [0, 0.1) is 0 Å². The third-order valence-electron chi connectivity index (χ3n) is 3.58. The summed E-state index contributed by atoms with van der Waals surface area (Å²) in [4.78, 5) is 12.5. The molecule has 0 aliphatic carbocycles. The zero-order chi connectivity index (χ0) is 14.8. The number of ether oxygens (including phenoxy) is 2. The van der Waals surface area contributed by atoms with Crippen molar-refractivity contribution in [2.45, 2.75) is 12.8 Å². The van der Waals surface area contributed by atoms with E-state index in [1.54, 1.807) is 25.3 Å². The van der Waals surface area contributed by atoms with E-state index in [9.17, 15) is 4.79 Å². The Hall–Kier alpha value is -2.00. The Balaban J connectivity index is 1.92. The van der Waals surface area contributed by atoms with E-state index >= 15 is 0 Å². The number of para-hydroxylation sites is 1. The average Bonchev–Trinajstić information content (AvgIpc) is 2.95. The topological polar surface area (TPSA) is 35.5 Å². The predicted octanol–water partition coefficient (Wildman–Crippen LogP) is 3.71. The number of hydrogen-bond donors (Lipinski definition) is 0. The van der Waals surface area contributed by atoms with Crippen LogP contribution in [0.1, 0.15) is 21.5 Å². The van der Waals surface area contributed by atoms with Gasteiger partial charge in [-0.2, -0.15) is 0 Å². The van der Waals surface area contributed by atoms with Gasteiger partial charge in [-0.15, -0.1) is 0 Å². The van der Waals surface area contributed by atoms with Gasteiger partial charge in [-0.05, 0) is 29.8 Å². The van der Waals surface area contributed by atoms with E-state index in [0.29, 0.717) is 22.9 Å². The summed E-state index contributed by atoms with van der Waals surface area (Å²) in [6.45, 7) is 0.644. The maximum absolute atomic E-state index is 12.5. The molecule has 108 valence electrons. The van der Waals surface area contributed by atoms with Gasteiger partial charge in [0, 0.05) is 23.4 Å². The summed E-state index contributed by atoms with van der Waals surface area (Å²) in [5.74, 6) is 1.39. The van der Waals surface area contributed by atoms with Crippen LogP contribution in [-0.4, -0.2) is 19.5 Å². The molecule has 0 N–H and O–H groups in total. The maximum Gasteiger partial charge on any atom is 0.171 e. The minimum Gasteiger partial charge on any atom is -0.496 e. The van der Waals surface area contributed by atoms with E-state index in [2.05, 4.69) is 0 Å². The lowest BCUT2D eigenvalue weighted by Gasteiger charge is -2.10. The Kier molecular flexibility index (Phi) is 3.84. The van der Waals surface area contributed by atoms with Gasteiger partial charge in [0.15, 0.2) is 5.78 Å². The van der Waals surface area contributed by atoms with Gasteiger partial charge >= 0.3 is 0 Å². The summed E-state index contributed by atoms with van der Waals surface area (Å²) < 4.78 is 10.9. The molecule has 0 amide bonds. The number of rotatable bonds is 4. The number of Topliss-reactive ketones (excluding diaryl/α,β-unsaturated/α-hetero) is 1. The number of carbonyl (C=O) groups excluding carboxylic acids is 1. The van der Waals surface area contributed by atoms with E-state index in [4.69, 9.17) is 21.1 Å².